The second-order valence-corrected chi connectivity index (χ2v) is 5.65. The van der Waals surface area contributed by atoms with E-state index in [1.807, 2.05) is 6.92 Å². The SMILES string of the molecule is CCCCCOCC(NCCC)(C(=O)OCC)C1CC1. The maximum absolute atomic E-state index is 12.4. The van der Waals surface area contributed by atoms with E-state index >= 15 is 0 Å². The minimum Gasteiger partial charge on any atom is -0.465 e. The van der Waals surface area contributed by atoms with Crippen LogP contribution >= 0.6 is 0 Å². The molecule has 1 aliphatic carbocycles. The van der Waals surface area contributed by atoms with Crippen LogP contribution in [0.25, 0.3) is 0 Å². The molecule has 4 heteroatoms. The first-order valence-corrected chi connectivity index (χ1v) is 8.21. The van der Waals surface area contributed by atoms with Crippen LogP contribution in [-0.2, 0) is 14.3 Å². The van der Waals surface area contributed by atoms with Gasteiger partial charge in [0.25, 0.3) is 0 Å². The Kier molecular flexibility index (Phi) is 8.15. The van der Waals surface area contributed by atoms with Crippen LogP contribution in [0.5, 0.6) is 0 Å². The third-order valence-electron chi connectivity index (χ3n) is 3.83. The summed E-state index contributed by atoms with van der Waals surface area (Å²) in [4.78, 5) is 12.4. The molecule has 0 spiro atoms. The van der Waals surface area contributed by atoms with Crippen molar-refractivity contribution in [1.29, 1.82) is 0 Å². The number of unbranched alkanes of at least 4 members (excludes halogenated alkanes) is 2. The van der Waals surface area contributed by atoms with Crippen LogP contribution in [0.1, 0.15) is 59.3 Å². The lowest BCUT2D eigenvalue weighted by atomic mass is 9.93. The first-order chi connectivity index (χ1) is 9.71. The zero-order chi connectivity index (χ0) is 14.8. The number of carbonyl (C=O) groups is 1. The van der Waals surface area contributed by atoms with Crippen LogP contribution in [-0.4, -0.2) is 37.9 Å². The summed E-state index contributed by atoms with van der Waals surface area (Å²) in [7, 11) is 0. The molecule has 1 rings (SSSR count). The Morgan fingerprint density at radius 1 is 1.20 bits per heavy atom. The van der Waals surface area contributed by atoms with Gasteiger partial charge in [0.2, 0.25) is 0 Å². The van der Waals surface area contributed by atoms with Crippen LogP contribution in [0.4, 0.5) is 0 Å². The molecule has 0 aliphatic heterocycles. The molecule has 0 amide bonds. The molecule has 0 saturated heterocycles. The van der Waals surface area contributed by atoms with Crippen molar-refractivity contribution in [3.63, 3.8) is 0 Å². The molecular formula is C16H31NO3. The van der Waals surface area contributed by atoms with Crippen molar-refractivity contribution in [1.82, 2.24) is 5.32 Å². The molecule has 1 N–H and O–H groups in total. The average molecular weight is 285 g/mol. The quantitative estimate of drug-likeness (QED) is 0.442. The Hall–Kier alpha value is -0.610. The number of carbonyl (C=O) groups excluding carboxylic acids is 1. The molecule has 1 fully saturated rings. The Morgan fingerprint density at radius 2 is 1.95 bits per heavy atom. The smallest absolute Gasteiger partial charge is 0.329 e. The highest BCUT2D eigenvalue weighted by Crippen LogP contribution is 2.41. The summed E-state index contributed by atoms with van der Waals surface area (Å²) < 4.78 is 11.1. The molecule has 0 aromatic rings. The van der Waals surface area contributed by atoms with E-state index in [1.54, 1.807) is 0 Å². The topological polar surface area (TPSA) is 47.6 Å². The monoisotopic (exact) mass is 285 g/mol. The van der Waals surface area contributed by atoms with E-state index in [0.29, 0.717) is 19.1 Å². The summed E-state index contributed by atoms with van der Waals surface area (Å²) in [5, 5.41) is 3.42. The second kappa shape index (κ2) is 9.35. The van der Waals surface area contributed by atoms with Crippen LogP contribution in [0.2, 0.25) is 0 Å². The lowest BCUT2D eigenvalue weighted by Gasteiger charge is -2.32. The fourth-order valence-corrected chi connectivity index (χ4v) is 2.48. The fourth-order valence-electron chi connectivity index (χ4n) is 2.48. The Bertz CT molecular complexity index is 279. The molecule has 1 unspecified atom stereocenters. The van der Waals surface area contributed by atoms with Crippen LogP contribution in [0.3, 0.4) is 0 Å². The van der Waals surface area contributed by atoms with E-state index in [-0.39, 0.29) is 5.97 Å². The summed E-state index contributed by atoms with van der Waals surface area (Å²) in [6.07, 6.45) is 6.61. The summed E-state index contributed by atoms with van der Waals surface area (Å²) >= 11 is 0. The predicted molar refractivity (Wildman–Crippen MR) is 80.7 cm³/mol. The van der Waals surface area contributed by atoms with E-state index in [1.165, 1.54) is 12.8 Å². The normalized spacial score (nSPS) is 17.8. The number of nitrogens with one attached hydrogen (secondary N) is 1. The molecule has 0 aromatic carbocycles. The summed E-state index contributed by atoms with van der Waals surface area (Å²) in [6.45, 7) is 8.58. The zero-order valence-corrected chi connectivity index (χ0v) is 13.4. The van der Waals surface area contributed by atoms with Crippen molar-refractivity contribution in [3.8, 4) is 0 Å². The number of esters is 1. The van der Waals surface area contributed by atoms with E-state index in [4.69, 9.17) is 9.47 Å². The Labute approximate surface area is 123 Å². The molecule has 20 heavy (non-hydrogen) atoms. The van der Waals surface area contributed by atoms with Crippen molar-refractivity contribution < 1.29 is 14.3 Å². The molecular weight excluding hydrogens is 254 g/mol. The van der Waals surface area contributed by atoms with Gasteiger partial charge in [0.15, 0.2) is 0 Å². The third kappa shape index (κ3) is 5.06. The van der Waals surface area contributed by atoms with Crippen molar-refractivity contribution in [2.75, 3.05) is 26.4 Å². The first-order valence-electron chi connectivity index (χ1n) is 8.21. The van der Waals surface area contributed by atoms with Crippen molar-refractivity contribution in [2.24, 2.45) is 5.92 Å². The van der Waals surface area contributed by atoms with Crippen LogP contribution < -0.4 is 5.32 Å². The molecule has 0 bridgehead atoms. The Morgan fingerprint density at radius 3 is 2.50 bits per heavy atom. The van der Waals surface area contributed by atoms with Gasteiger partial charge < -0.3 is 9.47 Å². The highest BCUT2D eigenvalue weighted by molar-refractivity contribution is 5.82. The van der Waals surface area contributed by atoms with Gasteiger partial charge in [-0.05, 0) is 45.1 Å². The van der Waals surface area contributed by atoms with Crippen LogP contribution in [0, 0.1) is 5.92 Å². The number of ether oxygens (including phenoxy) is 2. The van der Waals surface area contributed by atoms with Gasteiger partial charge in [-0.25, -0.2) is 4.79 Å². The molecule has 0 aromatic heterocycles. The van der Waals surface area contributed by atoms with Gasteiger partial charge >= 0.3 is 5.97 Å². The van der Waals surface area contributed by atoms with Crippen molar-refractivity contribution in [2.45, 2.75) is 64.8 Å². The van der Waals surface area contributed by atoms with Crippen molar-refractivity contribution in [3.05, 3.63) is 0 Å². The van der Waals surface area contributed by atoms with Gasteiger partial charge in [-0.1, -0.05) is 26.7 Å². The number of hydrogen-bond acceptors (Lipinski definition) is 4. The molecule has 0 heterocycles. The standard InChI is InChI=1S/C16H31NO3/c1-4-7-8-12-19-13-16(14-9-10-14,17-11-5-2)15(18)20-6-3/h14,17H,4-13H2,1-3H3. The lowest BCUT2D eigenvalue weighted by molar-refractivity contribution is -0.155. The maximum atomic E-state index is 12.4. The minimum absolute atomic E-state index is 0.133. The molecule has 4 nitrogen and oxygen atoms in total. The lowest BCUT2D eigenvalue weighted by Crippen LogP contribution is -2.58. The first kappa shape index (κ1) is 17.4. The van der Waals surface area contributed by atoms with Gasteiger partial charge in [-0.2, -0.15) is 0 Å². The third-order valence-corrected chi connectivity index (χ3v) is 3.83. The summed E-state index contributed by atoms with van der Waals surface area (Å²) in [6, 6.07) is 0. The van der Waals surface area contributed by atoms with Crippen molar-refractivity contribution >= 4 is 5.97 Å². The maximum Gasteiger partial charge on any atom is 0.329 e. The van der Waals surface area contributed by atoms with Gasteiger partial charge in [-0.3, -0.25) is 5.32 Å². The van der Waals surface area contributed by atoms with E-state index in [9.17, 15) is 4.79 Å². The Balaban J connectivity index is 2.57. The second-order valence-electron chi connectivity index (χ2n) is 5.65. The van der Waals surface area contributed by atoms with Gasteiger partial charge in [0, 0.05) is 6.61 Å². The summed E-state index contributed by atoms with van der Waals surface area (Å²) in [5.74, 6) is 0.241. The minimum atomic E-state index is -0.613. The fraction of sp³-hybridized carbons (Fsp3) is 0.938. The molecule has 1 aliphatic rings. The average Bonchev–Trinajstić information content (AvgIpc) is 3.27. The number of rotatable bonds is 12. The largest absolute Gasteiger partial charge is 0.465 e. The predicted octanol–water partition coefficient (Wildman–Crippen LogP) is 2.90. The van der Waals surface area contributed by atoms with Gasteiger partial charge in [0.05, 0.1) is 13.2 Å². The highest BCUT2D eigenvalue weighted by atomic mass is 16.5. The highest BCUT2D eigenvalue weighted by Gasteiger charge is 2.52. The van der Waals surface area contributed by atoms with E-state index in [0.717, 1.165) is 38.8 Å². The molecule has 1 atom stereocenters. The number of hydrogen-bond donors (Lipinski definition) is 1. The van der Waals surface area contributed by atoms with Gasteiger partial charge in [0.1, 0.15) is 5.54 Å². The zero-order valence-electron chi connectivity index (χ0n) is 13.4. The van der Waals surface area contributed by atoms with Gasteiger partial charge in [-0.15, -0.1) is 0 Å². The summed E-state index contributed by atoms with van der Waals surface area (Å²) in [5.41, 5.74) is -0.613. The molecule has 118 valence electrons. The molecule has 1 saturated carbocycles. The van der Waals surface area contributed by atoms with E-state index in [2.05, 4.69) is 19.2 Å². The van der Waals surface area contributed by atoms with E-state index < -0.39 is 5.54 Å². The van der Waals surface area contributed by atoms with Crippen LogP contribution in [0.15, 0.2) is 0 Å². The molecule has 0 radical (unpaired) electrons.